The Morgan fingerprint density at radius 2 is 1.68 bits per heavy atom. The monoisotopic (exact) mass is 436 g/mol. The van der Waals surface area contributed by atoms with Crippen LogP contribution in [0.15, 0.2) is 72.9 Å². The van der Waals surface area contributed by atoms with Crippen molar-refractivity contribution in [2.75, 3.05) is 13.7 Å². The first kappa shape index (κ1) is 22.7. The van der Waals surface area contributed by atoms with E-state index in [0.29, 0.717) is 6.61 Å². The quantitative estimate of drug-likeness (QED) is 0.325. The zero-order valence-electron chi connectivity index (χ0n) is 18.0. The lowest BCUT2D eigenvalue weighted by Gasteiger charge is -2.13. The van der Waals surface area contributed by atoms with Crippen molar-refractivity contribution < 1.29 is 9.47 Å². The van der Waals surface area contributed by atoms with Crippen molar-refractivity contribution in [3.05, 3.63) is 95.2 Å². The van der Waals surface area contributed by atoms with Gasteiger partial charge < -0.3 is 19.8 Å². The van der Waals surface area contributed by atoms with Crippen LogP contribution in [0.3, 0.4) is 0 Å². The van der Waals surface area contributed by atoms with Gasteiger partial charge >= 0.3 is 0 Å². The molecule has 0 radical (unpaired) electrons. The van der Waals surface area contributed by atoms with E-state index in [2.05, 4.69) is 78.0 Å². The fourth-order valence-electron chi connectivity index (χ4n) is 3.58. The van der Waals surface area contributed by atoms with Crippen LogP contribution in [-0.4, -0.2) is 18.6 Å². The highest BCUT2D eigenvalue weighted by molar-refractivity contribution is 5.85. The van der Waals surface area contributed by atoms with E-state index < -0.39 is 0 Å². The van der Waals surface area contributed by atoms with E-state index in [9.17, 15) is 0 Å². The number of aromatic nitrogens is 1. The number of methoxy groups -OCH3 is 1. The van der Waals surface area contributed by atoms with Gasteiger partial charge in [-0.2, -0.15) is 0 Å². The maximum absolute atomic E-state index is 5.98. The highest BCUT2D eigenvalue weighted by Gasteiger charge is 2.07. The third-order valence-corrected chi connectivity index (χ3v) is 5.32. The predicted octanol–water partition coefficient (Wildman–Crippen LogP) is 5.82. The van der Waals surface area contributed by atoms with E-state index in [1.165, 1.54) is 27.6 Å². The molecule has 0 amide bonds. The van der Waals surface area contributed by atoms with Crippen molar-refractivity contribution in [3.8, 4) is 11.5 Å². The fraction of sp³-hybridized carbons (Fsp3) is 0.231. The number of benzene rings is 3. The summed E-state index contributed by atoms with van der Waals surface area (Å²) < 4.78 is 11.5. The van der Waals surface area contributed by atoms with Crippen LogP contribution in [-0.2, 0) is 19.6 Å². The van der Waals surface area contributed by atoms with E-state index in [1.807, 2.05) is 12.1 Å². The molecule has 0 aliphatic carbocycles. The summed E-state index contributed by atoms with van der Waals surface area (Å²) in [6, 6.07) is 22.9. The summed E-state index contributed by atoms with van der Waals surface area (Å²) in [5, 5.41) is 4.83. The second-order valence-corrected chi connectivity index (χ2v) is 7.55. The van der Waals surface area contributed by atoms with Crippen molar-refractivity contribution >= 4 is 23.3 Å². The number of rotatable bonds is 9. The van der Waals surface area contributed by atoms with Crippen molar-refractivity contribution in [1.29, 1.82) is 0 Å². The molecule has 31 heavy (non-hydrogen) atoms. The van der Waals surface area contributed by atoms with Gasteiger partial charge in [-0.05, 0) is 54.8 Å². The van der Waals surface area contributed by atoms with Gasteiger partial charge in [0.2, 0.25) is 0 Å². The molecule has 4 rings (SSSR count). The predicted molar refractivity (Wildman–Crippen MR) is 129 cm³/mol. The third-order valence-electron chi connectivity index (χ3n) is 5.32. The minimum absolute atomic E-state index is 0. The summed E-state index contributed by atoms with van der Waals surface area (Å²) >= 11 is 0. The topological polar surface area (TPSA) is 46.3 Å². The highest BCUT2D eigenvalue weighted by Crippen LogP contribution is 2.29. The van der Waals surface area contributed by atoms with Gasteiger partial charge in [0.1, 0.15) is 6.61 Å². The van der Waals surface area contributed by atoms with Crippen LogP contribution < -0.4 is 14.8 Å². The molecule has 0 unspecified atom stereocenters. The van der Waals surface area contributed by atoms with Gasteiger partial charge in [-0.1, -0.05) is 54.1 Å². The van der Waals surface area contributed by atoms with Gasteiger partial charge in [0, 0.05) is 23.6 Å². The minimum Gasteiger partial charge on any atom is -0.493 e. The largest absolute Gasteiger partial charge is 0.493 e. The molecule has 0 saturated heterocycles. The zero-order valence-corrected chi connectivity index (χ0v) is 18.8. The molecular formula is C26H29ClN2O2. The van der Waals surface area contributed by atoms with Gasteiger partial charge in [0.05, 0.1) is 7.11 Å². The normalized spacial score (nSPS) is 10.6. The standard InChI is InChI=1S/C26H28N2O2.ClH/c1-19-7-9-20(10-8-19)18-30-25-12-11-21(15-26(25)29-2)16-27-14-13-22-17-28-24-6-4-3-5-23(22)24;/h3-12,15,17,27-28H,13-14,16,18H2,1-2H3;1H. The number of halogens is 1. The summed E-state index contributed by atoms with van der Waals surface area (Å²) in [6.07, 6.45) is 3.09. The molecule has 0 spiro atoms. The molecule has 1 heterocycles. The number of hydrogen-bond acceptors (Lipinski definition) is 3. The summed E-state index contributed by atoms with van der Waals surface area (Å²) in [5.41, 5.74) is 6.10. The van der Waals surface area contributed by atoms with E-state index in [1.54, 1.807) is 7.11 Å². The number of aryl methyl sites for hydroxylation is 1. The van der Waals surface area contributed by atoms with Crippen molar-refractivity contribution in [3.63, 3.8) is 0 Å². The molecule has 0 bridgehead atoms. The molecule has 0 aliphatic heterocycles. The Morgan fingerprint density at radius 1 is 0.903 bits per heavy atom. The summed E-state index contributed by atoms with van der Waals surface area (Å²) in [4.78, 5) is 3.34. The second-order valence-electron chi connectivity index (χ2n) is 7.55. The molecular weight excluding hydrogens is 408 g/mol. The Hall–Kier alpha value is -2.95. The summed E-state index contributed by atoms with van der Waals surface area (Å²) in [7, 11) is 1.68. The molecule has 0 atom stereocenters. The zero-order chi connectivity index (χ0) is 20.8. The van der Waals surface area contributed by atoms with Crippen molar-refractivity contribution in [1.82, 2.24) is 10.3 Å². The van der Waals surface area contributed by atoms with Crippen molar-refractivity contribution in [2.45, 2.75) is 26.5 Å². The van der Waals surface area contributed by atoms with Crippen LogP contribution in [0.1, 0.15) is 22.3 Å². The van der Waals surface area contributed by atoms with Gasteiger partial charge in [0.25, 0.3) is 0 Å². The van der Waals surface area contributed by atoms with Crippen LogP contribution in [0, 0.1) is 6.92 Å². The summed E-state index contributed by atoms with van der Waals surface area (Å²) in [5.74, 6) is 1.53. The van der Waals surface area contributed by atoms with Crippen LogP contribution in [0.5, 0.6) is 11.5 Å². The average Bonchev–Trinajstić information content (AvgIpc) is 3.20. The molecule has 0 saturated carbocycles. The SMILES string of the molecule is COc1cc(CNCCc2c[nH]c3ccccc23)ccc1OCc1ccc(C)cc1.Cl. The van der Waals surface area contributed by atoms with Gasteiger partial charge in [0.15, 0.2) is 11.5 Å². The molecule has 5 heteroatoms. The maximum atomic E-state index is 5.98. The minimum atomic E-state index is 0. The van der Waals surface area contributed by atoms with Gasteiger partial charge in [-0.3, -0.25) is 0 Å². The van der Waals surface area contributed by atoms with Gasteiger partial charge in [-0.15, -0.1) is 12.4 Å². The smallest absolute Gasteiger partial charge is 0.161 e. The Balaban J connectivity index is 0.00000272. The van der Waals surface area contributed by atoms with Crippen LogP contribution in [0.2, 0.25) is 0 Å². The second kappa shape index (κ2) is 10.9. The number of fused-ring (bicyclic) bond motifs is 1. The number of hydrogen-bond donors (Lipinski definition) is 2. The lowest BCUT2D eigenvalue weighted by atomic mass is 10.1. The highest BCUT2D eigenvalue weighted by atomic mass is 35.5. The first-order valence-corrected chi connectivity index (χ1v) is 10.3. The number of ether oxygens (including phenoxy) is 2. The molecule has 1 aromatic heterocycles. The average molecular weight is 437 g/mol. The van der Waals surface area contributed by atoms with Crippen LogP contribution in [0.25, 0.3) is 10.9 Å². The first-order chi connectivity index (χ1) is 14.7. The number of nitrogens with one attached hydrogen (secondary N) is 2. The molecule has 0 aliphatic rings. The summed E-state index contributed by atoms with van der Waals surface area (Å²) in [6.45, 7) is 4.31. The van der Waals surface area contributed by atoms with Crippen LogP contribution >= 0.6 is 12.4 Å². The Kier molecular flexibility index (Phi) is 7.99. The first-order valence-electron chi connectivity index (χ1n) is 10.3. The maximum Gasteiger partial charge on any atom is 0.161 e. The Labute approximate surface area is 190 Å². The Bertz CT molecular complexity index is 1110. The lowest BCUT2D eigenvalue weighted by molar-refractivity contribution is 0.284. The third kappa shape index (κ3) is 5.81. The Morgan fingerprint density at radius 3 is 2.48 bits per heavy atom. The van der Waals surface area contributed by atoms with Gasteiger partial charge in [-0.25, -0.2) is 0 Å². The molecule has 4 nitrogen and oxygen atoms in total. The van der Waals surface area contributed by atoms with E-state index in [-0.39, 0.29) is 12.4 Å². The lowest BCUT2D eigenvalue weighted by Crippen LogP contribution is -2.16. The van der Waals surface area contributed by atoms with Crippen molar-refractivity contribution in [2.24, 2.45) is 0 Å². The number of H-pyrrole nitrogens is 1. The van der Waals surface area contributed by atoms with E-state index >= 15 is 0 Å². The van der Waals surface area contributed by atoms with Crippen LogP contribution in [0.4, 0.5) is 0 Å². The number of para-hydroxylation sites is 1. The molecule has 2 N–H and O–H groups in total. The number of aromatic amines is 1. The molecule has 0 fully saturated rings. The molecule has 3 aromatic carbocycles. The van der Waals surface area contributed by atoms with E-state index in [4.69, 9.17) is 9.47 Å². The molecule has 4 aromatic rings. The van der Waals surface area contributed by atoms with E-state index in [0.717, 1.165) is 36.6 Å². The fourth-order valence-corrected chi connectivity index (χ4v) is 3.58. The molecule has 162 valence electrons.